The van der Waals surface area contributed by atoms with Gasteiger partial charge in [0.05, 0.1) is 6.04 Å². The van der Waals surface area contributed by atoms with Crippen LogP contribution in [-0.2, 0) is 4.79 Å². The Bertz CT molecular complexity index is 888. The zero-order valence-corrected chi connectivity index (χ0v) is 14.9. The van der Waals surface area contributed by atoms with Crippen LogP contribution in [0, 0.1) is 6.92 Å². The van der Waals surface area contributed by atoms with Crippen LogP contribution in [0.3, 0.4) is 0 Å². The van der Waals surface area contributed by atoms with Gasteiger partial charge in [0, 0.05) is 28.5 Å². The zero-order valence-electron chi connectivity index (χ0n) is 14.1. The molecular weight excluding hydrogens is 332 g/mol. The van der Waals surface area contributed by atoms with Crippen LogP contribution in [0.15, 0.2) is 48.8 Å². The van der Waals surface area contributed by atoms with E-state index in [9.17, 15) is 9.90 Å². The van der Waals surface area contributed by atoms with Gasteiger partial charge in [-0.25, -0.2) is 0 Å². The molecule has 2 aromatic heterocycles. The summed E-state index contributed by atoms with van der Waals surface area (Å²) >= 11 is 1.75. The van der Waals surface area contributed by atoms with E-state index in [-0.39, 0.29) is 6.04 Å². The fourth-order valence-electron chi connectivity index (χ4n) is 3.79. The van der Waals surface area contributed by atoms with Crippen molar-refractivity contribution in [3.63, 3.8) is 0 Å². The molecule has 3 aromatic rings. The Labute approximate surface area is 150 Å². The molecule has 4 rings (SSSR count). The van der Waals surface area contributed by atoms with Gasteiger partial charge in [-0.1, -0.05) is 18.2 Å². The first-order valence-electron chi connectivity index (χ1n) is 8.52. The first kappa shape index (κ1) is 16.2. The summed E-state index contributed by atoms with van der Waals surface area (Å²) < 4.78 is 1.24. The van der Waals surface area contributed by atoms with Crippen molar-refractivity contribution >= 4 is 27.4 Å². The molecule has 2 atom stereocenters. The fraction of sp³-hybridized carbons (Fsp3) is 0.300. The number of thiophene rings is 1. The third-order valence-electron chi connectivity index (χ3n) is 4.98. The quantitative estimate of drug-likeness (QED) is 0.763. The van der Waals surface area contributed by atoms with Crippen LogP contribution in [0.2, 0.25) is 0 Å². The van der Waals surface area contributed by atoms with Gasteiger partial charge in [0.25, 0.3) is 0 Å². The predicted molar refractivity (Wildman–Crippen MR) is 100 cm³/mol. The maximum Gasteiger partial charge on any atom is 0.320 e. The predicted octanol–water partition coefficient (Wildman–Crippen LogP) is 4.24. The lowest BCUT2D eigenvalue weighted by Gasteiger charge is -2.31. The van der Waals surface area contributed by atoms with Crippen molar-refractivity contribution in [1.29, 1.82) is 0 Å². The van der Waals surface area contributed by atoms with E-state index < -0.39 is 12.0 Å². The molecule has 3 heterocycles. The molecule has 25 heavy (non-hydrogen) atoms. The number of hydrogen-bond donors (Lipinski definition) is 1. The second-order valence-electron chi connectivity index (χ2n) is 6.56. The number of aromatic nitrogens is 1. The topological polar surface area (TPSA) is 53.4 Å². The summed E-state index contributed by atoms with van der Waals surface area (Å²) in [5.74, 6) is -0.727. The van der Waals surface area contributed by atoms with Gasteiger partial charge in [-0.2, -0.15) is 0 Å². The Morgan fingerprint density at radius 2 is 2.20 bits per heavy atom. The molecule has 1 aliphatic rings. The molecule has 2 unspecified atom stereocenters. The lowest BCUT2D eigenvalue weighted by atomic mass is 9.99. The molecule has 128 valence electrons. The van der Waals surface area contributed by atoms with Gasteiger partial charge in [-0.05, 0) is 54.5 Å². The SMILES string of the molecule is Cc1cnccc1C(c1cc2ccccc2s1)N1CCCC1C(=O)O. The first-order chi connectivity index (χ1) is 12.1. The van der Waals surface area contributed by atoms with E-state index in [4.69, 9.17) is 0 Å². The van der Waals surface area contributed by atoms with Crippen LogP contribution >= 0.6 is 11.3 Å². The highest BCUT2D eigenvalue weighted by Crippen LogP contribution is 2.40. The number of carboxylic acid groups (broad SMARTS) is 1. The molecule has 1 aromatic carbocycles. The largest absolute Gasteiger partial charge is 0.480 e. The van der Waals surface area contributed by atoms with Gasteiger partial charge >= 0.3 is 5.97 Å². The van der Waals surface area contributed by atoms with Crippen LogP contribution in [0.25, 0.3) is 10.1 Å². The second-order valence-corrected chi connectivity index (χ2v) is 7.67. The Hall–Kier alpha value is -2.24. The van der Waals surface area contributed by atoms with Crippen LogP contribution in [0.1, 0.15) is 34.9 Å². The number of likely N-dealkylation sites (tertiary alicyclic amines) is 1. The van der Waals surface area contributed by atoms with Crippen molar-refractivity contribution in [2.45, 2.75) is 31.8 Å². The molecule has 1 aliphatic heterocycles. The highest BCUT2D eigenvalue weighted by Gasteiger charge is 2.38. The number of carboxylic acids is 1. The average Bonchev–Trinajstić information content (AvgIpc) is 3.24. The molecule has 0 spiro atoms. The smallest absolute Gasteiger partial charge is 0.320 e. The third-order valence-corrected chi connectivity index (χ3v) is 6.15. The molecule has 5 heteroatoms. The number of nitrogens with zero attached hydrogens (tertiary/aromatic N) is 2. The normalized spacial score (nSPS) is 19.3. The summed E-state index contributed by atoms with van der Waals surface area (Å²) in [6, 6.07) is 12.1. The van der Waals surface area contributed by atoms with Gasteiger partial charge in [0.2, 0.25) is 0 Å². The second kappa shape index (κ2) is 6.58. The van der Waals surface area contributed by atoms with Crippen LogP contribution in [0.5, 0.6) is 0 Å². The maximum atomic E-state index is 11.8. The molecule has 0 amide bonds. The molecule has 1 N–H and O–H groups in total. The van der Waals surface area contributed by atoms with Crippen LogP contribution in [0.4, 0.5) is 0 Å². The molecule has 0 radical (unpaired) electrons. The van der Waals surface area contributed by atoms with Crippen LogP contribution in [-0.4, -0.2) is 33.5 Å². The molecule has 1 saturated heterocycles. The summed E-state index contributed by atoms with van der Waals surface area (Å²) in [4.78, 5) is 19.3. The van der Waals surface area contributed by atoms with E-state index in [0.717, 1.165) is 24.1 Å². The lowest BCUT2D eigenvalue weighted by Crippen LogP contribution is -2.39. The standard InChI is InChI=1S/C20H20N2O2S/c1-13-12-21-9-8-15(13)19(22-10-4-6-16(22)20(23)24)18-11-14-5-2-3-7-17(14)25-18/h2-3,5,7-9,11-12,16,19H,4,6,10H2,1H3,(H,23,24). The fourth-order valence-corrected chi connectivity index (χ4v) is 4.99. The number of aryl methyl sites for hydroxylation is 1. The minimum Gasteiger partial charge on any atom is -0.480 e. The van der Waals surface area contributed by atoms with Crippen molar-refractivity contribution in [3.05, 3.63) is 64.8 Å². The van der Waals surface area contributed by atoms with Crippen LogP contribution < -0.4 is 0 Å². The number of rotatable bonds is 4. The monoisotopic (exact) mass is 352 g/mol. The van der Waals surface area contributed by atoms with E-state index in [2.05, 4.69) is 35.0 Å². The molecule has 0 bridgehead atoms. The highest BCUT2D eigenvalue weighted by molar-refractivity contribution is 7.19. The van der Waals surface area contributed by atoms with E-state index in [0.29, 0.717) is 6.42 Å². The van der Waals surface area contributed by atoms with Gasteiger partial charge in [-0.3, -0.25) is 14.7 Å². The van der Waals surface area contributed by atoms with E-state index >= 15 is 0 Å². The van der Waals surface area contributed by atoms with Crippen molar-refractivity contribution < 1.29 is 9.90 Å². The van der Waals surface area contributed by atoms with Crippen molar-refractivity contribution in [3.8, 4) is 0 Å². The minimum absolute atomic E-state index is 0.0380. The Kier molecular flexibility index (Phi) is 4.27. The molecule has 4 nitrogen and oxygen atoms in total. The molecule has 0 saturated carbocycles. The summed E-state index contributed by atoms with van der Waals surface area (Å²) in [6.07, 6.45) is 5.29. The van der Waals surface area contributed by atoms with Gasteiger partial charge in [0.1, 0.15) is 6.04 Å². The number of carbonyl (C=O) groups is 1. The summed E-state index contributed by atoms with van der Waals surface area (Å²) in [5, 5.41) is 10.9. The number of benzene rings is 1. The first-order valence-corrected chi connectivity index (χ1v) is 9.34. The molecule has 0 aliphatic carbocycles. The van der Waals surface area contributed by atoms with Crippen molar-refractivity contribution in [2.24, 2.45) is 0 Å². The lowest BCUT2D eigenvalue weighted by molar-refractivity contribution is -0.142. The minimum atomic E-state index is -0.727. The zero-order chi connectivity index (χ0) is 17.4. The Balaban J connectivity index is 1.86. The van der Waals surface area contributed by atoms with Gasteiger partial charge < -0.3 is 5.11 Å². The van der Waals surface area contributed by atoms with E-state index in [1.165, 1.54) is 15.0 Å². The number of pyridine rings is 1. The van der Waals surface area contributed by atoms with E-state index in [1.54, 1.807) is 17.5 Å². The van der Waals surface area contributed by atoms with Gasteiger partial charge in [-0.15, -0.1) is 11.3 Å². The molecule has 1 fully saturated rings. The third kappa shape index (κ3) is 2.94. The summed E-state index contributed by atoms with van der Waals surface area (Å²) in [6.45, 7) is 2.85. The Morgan fingerprint density at radius 1 is 1.36 bits per heavy atom. The summed E-state index contributed by atoms with van der Waals surface area (Å²) in [7, 11) is 0. The van der Waals surface area contributed by atoms with Gasteiger partial charge in [0.15, 0.2) is 0 Å². The van der Waals surface area contributed by atoms with E-state index in [1.807, 2.05) is 24.4 Å². The number of fused-ring (bicyclic) bond motifs is 1. The Morgan fingerprint density at radius 3 is 2.96 bits per heavy atom. The molecular formula is C20H20N2O2S. The maximum absolute atomic E-state index is 11.8. The summed E-state index contributed by atoms with van der Waals surface area (Å²) in [5.41, 5.74) is 2.25. The number of aliphatic carboxylic acids is 1. The van der Waals surface area contributed by atoms with Crippen molar-refractivity contribution in [1.82, 2.24) is 9.88 Å². The average molecular weight is 352 g/mol. The number of hydrogen-bond acceptors (Lipinski definition) is 4. The van der Waals surface area contributed by atoms with Crippen molar-refractivity contribution in [2.75, 3.05) is 6.54 Å². The highest BCUT2D eigenvalue weighted by atomic mass is 32.1.